The first kappa shape index (κ1) is 53.0. The second-order valence-electron chi connectivity index (χ2n) is 9.92. The van der Waals surface area contributed by atoms with E-state index in [9.17, 15) is 59.4 Å². The number of aromatic carboxylic acids is 6. The third-order valence-corrected chi connectivity index (χ3v) is 6.06. The summed E-state index contributed by atoms with van der Waals surface area (Å²) in [5.41, 5.74) is 1.32. The molecule has 0 unspecified atom stereocenters. The smallest absolute Gasteiger partial charge is 0.545 e. The molecule has 0 bridgehead atoms. The zero-order chi connectivity index (χ0) is 40.1. The topological polar surface area (TPSA) is 241 Å². The van der Waals surface area contributed by atoms with Crippen molar-refractivity contribution in [1.29, 1.82) is 0 Å². The number of carbonyl (C=O) groups excluding carboxylic acids is 6. The van der Waals surface area contributed by atoms with Crippen LogP contribution in [0, 0.1) is 82.6 Å². The molecule has 12 nitrogen and oxygen atoms in total. The van der Waals surface area contributed by atoms with Gasteiger partial charge in [-0.25, -0.2) is 0 Å². The van der Waals surface area contributed by atoms with Crippen molar-refractivity contribution in [2.24, 2.45) is 0 Å². The Morgan fingerprint density at radius 2 is 0.304 bits per heavy atom. The third-order valence-electron chi connectivity index (χ3n) is 6.06. The van der Waals surface area contributed by atoms with Crippen molar-refractivity contribution in [2.45, 2.75) is 0 Å². The standard InChI is InChI=1S/6C7H6O2.2Pr/c6*8-7(9)6-4-2-1-3-5-6;;/h6*1-5H,(H,8,9);;/q;;;;;;2*+3/p-6. The second kappa shape index (κ2) is 32.1. The number of carbonyl (C=O) groups is 6. The molecule has 0 atom stereocenters. The molecular formula is C42H30O12Pr2. The van der Waals surface area contributed by atoms with Crippen molar-refractivity contribution in [1.82, 2.24) is 0 Å². The zero-order valence-electron chi connectivity index (χ0n) is 29.4. The van der Waals surface area contributed by atoms with Crippen LogP contribution >= 0.6 is 0 Å². The molecule has 6 aromatic rings. The molecule has 6 aromatic carbocycles. The van der Waals surface area contributed by atoms with Crippen molar-refractivity contribution < 1.29 is 142 Å². The molecule has 0 radical (unpaired) electrons. The predicted octanol–water partition coefficient (Wildman–Crippen LogP) is 0.301. The number of rotatable bonds is 6. The summed E-state index contributed by atoms with van der Waals surface area (Å²) < 4.78 is 0. The molecule has 0 aliphatic carbocycles. The maximum absolute atomic E-state index is 10.1. The van der Waals surface area contributed by atoms with Crippen LogP contribution in [-0.2, 0) is 0 Å². The van der Waals surface area contributed by atoms with Crippen LogP contribution in [0.2, 0.25) is 0 Å². The molecule has 0 fully saturated rings. The van der Waals surface area contributed by atoms with Gasteiger partial charge >= 0.3 is 82.6 Å². The fraction of sp³-hybridized carbons (Fsp3) is 0. The van der Waals surface area contributed by atoms with Gasteiger partial charge in [0.1, 0.15) is 0 Å². The summed E-state index contributed by atoms with van der Waals surface area (Å²) in [5, 5.41) is 60.5. The molecule has 0 saturated heterocycles. The second-order valence-corrected chi connectivity index (χ2v) is 9.92. The van der Waals surface area contributed by atoms with Gasteiger partial charge in [0.25, 0.3) is 0 Å². The van der Waals surface area contributed by atoms with Crippen LogP contribution in [0.5, 0.6) is 0 Å². The van der Waals surface area contributed by atoms with Crippen LogP contribution in [0.15, 0.2) is 182 Å². The number of hydrogen-bond donors (Lipinski definition) is 0. The Bertz CT molecular complexity index is 1620. The predicted molar refractivity (Wildman–Crippen MR) is 185 cm³/mol. The van der Waals surface area contributed by atoms with Gasteiger partial charge in [-0.2, -0.15) is 0 Å². The molecule has 0 aromatic heterocycles. The van der Waals surface area contributed by atoms with E-state index in [2.05, 4.69) is 0 Å². The van der Waals surface area contributed by atoms with Gasteiger partial charge in [0.2, 0.25) is 0 Å². The normalized spacial score (nSPS) is 8.57. The molecule has 0 aliphatic rings. The minimum Gasteiger partial charge on any atom is -0.545 e. The average molecular weight is 1010 g/mol. The van der Waals surface area contributed by atoms with Crippen molar-refractivity contribution in [3.05, 3.63) is 215 Å². The van der Waals surface area contributed by atoms with E-state index in [0.717, 1.165) is 0 Å². The molecule has 0 spiro atoms. The summed E-state index contributed by atoms with van der Waals surface area (Å²) in [6, 6.07) is 48.4. The van der Waals surface area contributed by atoms with E-state index < -0.39 is 35.8 Å². The molecule has 14 heteroatoms. The van der Waals surface area contributed by atoms with Crippen molar-refractivity contribution in [3.63, 3.8) is 0 Å². The van der Waals surface area contributed by atoms with Gasteiger partial charge in [-0.15, -0.1) is 0 Å². The Morgan fingerprint density at radius 3 is 0.357 bits per heavy atom. The molecule has 0 aliphatic heterocycles. The Balaban J connectivity index is 0. The van der Waals surface area contributed by atoms with Crippen molar-refractivity contribution in [3.8, 4) is 0 Å². The summed E-state index contributed by atoms with van der Waals surface area (Å²) in [6.07, 6.45) is 0. The number of hydrogen-bond acceptors (Lipinski definition) is 12. The van der Waals surface area contributed by atoms with Crippen LogP contribution < -0.4 is 30.6 Å². The van der Waals surface area contributed by atoms with Gasteiger partial charge in [-0.05, 0) is 33.4 Å². The minimum absolute atomic E-state index is 0. The first-order chi connectivity index (χ1) is 25.8. The Labute approximate surface area is 389 Å². The van der Waals surface area contributed by atoms with E-state index in [1.807, 2.05) is 0 Å². The summed E-state index contributed by atoms with van der Waals surface area (Å²) >= 11 is 0. The van der Waals surface area contributed by atoms with Gasteiger partial charge in [-0.3, -0.25) is 0 Å². The van der Waals surface area contributed by atoms with Crippen LogP contribution in [0.25, 0.3) is 0 Å². The molecule has 0 N–H and O–H groups in total. The molecule has 0 amide bonds. The first-order valence-electron chi connectivity index (χ1n) is 15.4. The van der Waals surface area contributed by atoms with Gasteiger partial charge in [0.05, 0.1) is 35.8 Å². The monoisotopic (exact) mass is 1010 g/mol. The maximum atomic E-state index is 10.1. The Kier molecular flexibility index (Phi) is 30.4. The molecule has 0 heterocycles. The molecular weight excluding hydrogens is 978 g/mol. The quantitative estimate of drug-likeness (QED) is 0.219. The summed E-state index contributed by atoms with van der Waals surface area (Å²) in [6.45, 7) is 0. The summed E-state index contributed by atoms with van der Waals surface area (Å²) in [4.78, 5) is 60.5. The van der Waals surface area contributed by atoms with E-state index in [1.165, 1.54) is 72.8 Å². The molecule has 56 heavy (non-hydrogen) atoms. The maximum Gasteiger partial charge on any atom is 3.00 e. The number of carboxylic acid groups (broad SMARTS) is 6. The van der Waals surface area contributed by atoms with E-state index in [1.54, 1.807) is 109 Å². The summed E-state index contributed by atoms with van der Waals surface area (Å²) in [7, 11) is 0. The van der Waals surface area contributed by atoms with Gasteiger partial charge in [0, 0.05) is 0 Å². The van der Waals surface area contributed by atoms with Crippen LogP contribution in [0.3, 0.4) is 0 Å². The Hall–Kier alpha value is -5.13. The van der Waals surface area contributed by atoms with E-state index in [4.69, 9.17) is 0 Å². The van der Waals surface area contributed by atoms with Gasteiger partial charge < -0.3 is 59.4 Å². The fourth-order valence-corrected chi connectivity index (χ4v) is 3.45. The van der Waals surface area contributed by atoms with Gasteiger partial charge in [-0.1, -0.05) is 182 Å². The Morgan fingerprint density at radius 1 is 0.214 bits per heavy atom. The molecule has 0 saturated carbocycles. The molecule has 276 valence electrons. The third kappa shape index (κ3) is 25.0. The first-order valence-corrected chi connectivity index (χ1v) is 15.4. The van der Waals surface area contributed by atoms with E-state index in [0.29, 0.717) is 0 Å². The van der Waals surface area contributed by atoms with Crippen LogP contribution in [-0.4, -0.2) is 35.8 Å². The van der Waals surface area contributed by atoms with E-state index in [-0.39, 0.29) is 116 Å². The molecule has 6 rings (SSSR count). The van der Waals surface area contributed by atoms with Gasteiger partial charge in [0.15, 0.2) is 0 Å². The van der Waals surface area contributed by atoms with Crippen LogP contribution in [0.4, 0.5) is 0 Å². The largest absolute Gasteiger partial charge is 3.00 e. The fourth-order valence-electron chi connectivity index (χ4n) is 3.45. The van der Waals surface area contributed by atoms with Crippen LogP contribution in [0.1, 0.15) is 62.1 Å². The zero-order valence-corrected chi connectivity index (χ0v) is 36.8. The SMILES string of the molecule is O=C([O-])c1ccccc1.O=C([O-])c1ccccc1.O=C([O-])c1ccccc1.O=C([O-])c1ccccc1.O=C([O-])c1ccccc1.O=C([O-])c1ccccc1.[Pr+3].[Pr+3]. The minimum atomic E-state index is -1.13. The number of benzene rings is 6. The van der Waals surface area contributed by atoms with Crippen molar-refractivity contribution in [2.75, 3.05) is 0 Å². The van der Waals surface area contributed by atoms with E-state index >= 15 is 0 Å². The average Bonchev–Trinajstić information content (AvgIpc) is 3.21. The van der Waals surface area contributed by atoms with Crippen molar-refractivity contribution >= 4 is 35.8 Å². The number of carboxylic acids is 6. The summed E-state index contributed by atoms with van der Waals surface area (Å²) in [5.74, 6) is -6.77.